The fourth-order valence-corrected chi connectivity index (χ4v) is 4.73. The lowest BCUT2D eigenvalue weighted by Crippen LogP contribution is -2.41. The summed E-state index contributed by atoms with van der Waals surface area (Å²) in [7, 11) is 0. The average Bonchev–Trinajstić information content (AvgIpc) is 3.19. The maximum absolute atomic E-state index is 12.2. The summed E-state index contributed by atoms with van der Waals surface area (Å²) < 4.78 is 5.49. The fourth-order valence-electron chi connectivity index (χ4n) is 3.32. The molecule has 22 heavy (non-hydrogen) atoms. The summed E-state index contributed by atoms with van der Waals surface area (Å²) in [5.41, 5.74) is 1.29. The smallest absolute Gasteiger partial charge is 0.225 e. The molecule has 0 unspecified atom stereocenters. The van der Waals surface area contributed by atoms with E-state index in [0.29, 0.717) is 6.61 Å². The van der Waals surface area contributed by atoms with Crippen LogP contribution in [-0.2, 0) is 9.53 Å². The van der Waals surface area contributed by atoms with Gasteiger partial charge >= 0.3 is 0 Å². The van der Waals surface area contributed by atoms with Gasteiger partial charge in [-0.05, 0) is 38.3 Å². The molecule has 3 rings (SSSR count). The average molecular weight is 319 g/mol. The number of ether oxygens (including phenoxy) is 1. The summed E-state index contributed by atoms with van der Waals surface area (Å²) in [6.07, 6.45) is 5.77. The van der Waals surface area contributed by atoms with Crippen LogP contribution in [0.15, 0.2) is 29.2 Å². The maximum Gasteiger partial charge on any atom is 0.225 e. The summed E-state index contributed by atoms with van der Waals surface area (Å²) in [6, 6.07) is 8.73. The molecule has 3 nitrogen and oxygen atoms in total. The van der Waals surface area contributed by atoms with Crippen LogP contribution >= 0.6 is 11.8 Å². The minimum absolute atomic E-state index is 0.0582. The van der Waals surface area contributed by atoms with E-state index in [4.69, 9.17) is 4.74 Å². The van der Waals surface area contributed by atoms with Gasteiger partial charge in [-0.2, -0.15) is 0 Å². The molecular weight excluding hydrogens is 294 g/mol. The molecule has 0 radical (unpaired) electrons. The number of benzene rings is 1. The number of carbonyl (C=O) groups is 1. The topological polar surface area (TPSA) is 38.3 Å². The number of thioether (sulfide) groups is 1. The third kappa shape index (κ3) is 3.85. The van der Waals surface area contributed by atoms with Gasteiger partial charge in [0.2, 0.25) is 5.91 Å². The van der Waals surface area contributed by atoms with E-state index < -0.39 is 0 Å². The molecule has 2 aliphatic rings. The van der Waals surface area contributed by atoms with Crippen LogP contribution in [0.5, 0.6) is 0 Å². The van der Waals surface area contributed by atoms with E-state index in [-0.39, 0.29) is 16.6 Å². The zero-order valence-corrected chi connectivity index (χ0v) is 14.1. The molecule has 1 saturated carbocycles. The molecule has 1 heterocycles. The molecule has 4 heteroatoms. The van der Waals surface area contributed by atoms with Crippen molar-refractivity contribution in [3.05, 3.63) is 29.8 Å². The normalized spacial score (nSPS) is 23.6. The first kappa shape index (κ1) is 15.9. The van der Waals surface area contributed by atoms with Gasteiger partial charge in [-0.25, -0.2) is 0 Å². The zero-order chi connectivity index (χ0) is 15.4. The Morgan fingerprint density at radius 3 is 2.68 bits per heavy atom. The second-order valence-corrected chi connectivity index (χ2v) is 8.13. The van der Waals surface area contributed by atoms with Gasteiger partial charge in [0.15, 0.2) is 0 Å². The highest BCUT2D eigenvalue weighted by Crippen LogP contribution is 2.45. The SMILES string of the molecule is Cc1ccc(SC2(CNC(=O)[C@H]3CCOC3)CCCC2)cc1. The Morgan fingerprint density at radius 1 is 1.32 bits per heavy atom. The highest BCUT2D eigenvalue weighted by Gasteiger charge is 2.36. The third-order valence-corrected chi connectivity index (χ3v) is 6.25. The van der Waals surface area contributed by atoms with Crippen LogP contribution in [-0.4, -0.2) is 30.4 Å². The molecule has 2 fully saturated rings. The highest BCUT2D eigenvalue weighted by atomic mass is 32.2. The van der Waals surface area contributed by atoms with Gasteiger partial charge in [0, 0.05) is 22.8 Å². The number of aryl methyl sites for hydroxylation is 1. The highest BCUT2D eigenvalue weighted by molar-refractivity contribution is 8.00. The number of hydrogen-bond acceptors (Lipinski definition) is 3. The molecular formula is C18H25NO2S. The number of hydrogen-bond donors (Lipinski definition) is 1. The first-order valence-electron chi connectivity index (χ1n) is 8.28. The van der Waals surface area contributed by atoms with Gasteiger partial charge in [-0.3, -0.25) is 4.79 Å². The Morgan fingerprint density at radius 2 is 2.05 bits per heavy atom. The monoisotopic (exact) mass is 319 g/mol. The first-order chi connectivity index (χ1) is 10.7. The third-order valence-electron chi connectivity index (χ3n) is 4.76. The van der Waals surface area contributed by atoms with E-state index in [1.807, 2.05) is 11.8 Å². The number of amides is 1. The first-order valence-corrected chi connectivity index (χ1v) is 9.10. The Labute approximate surface area is 137 Å². The van der Waals surface area contributed by atoms with E-state index in [1.165, 1.54) is 36.1 Å². The van der Waals surface area contributed by atoms with Crippen molar-refractivity contribution in [3.63, 3.8) is 0 Å². The van der Waals surface area contributed by atoms with Crippen molar-refractivity contribution < 1.29 is 9.53 Å². The summed E-state index contributed by atoms with van der Waals surface area (Å²) in [5.74, 6) is 0.233. The van der Waals surface area contributed by atoms with Crippen molar-refractivity contribution in [2.45, 2.75) is 48.7 Å². The van der Waals surface area contributed by atoms with Gasteiger partial charge in [0.25, 0.3) is 0 Å². The zero-order valence-electron chi connectivity index (χ0n) is 13.3. The number of nitrogens with one attached hydrogen (secondary N) is 1. The number of carbonyl (C=O) groups excluding carboxylic acids is 1. The number of rotatable bonds is 5. The molecule has 0 spiro atoms. The predicted molar refractivity (Wildman–Crippen MR) is 90.2 cm³/mol. The van der Waals surface area contributed by atoms with E-state index >= 15 is 0 Å². The Kier molecular flexibility index (Phi) is 5.09. The van der Waals surface area contributed by atoms with Crippen molar-refractivity contribution in [1.82, 2.24) is 5.32 Å². The van der Waals surface area contributed by atoms with E-state index in [9.17, 15) is 4.79 Å². The second-order valence-electron chi connectivity index (χ2n) is 6.58. The van der Waals surface area contributed by atoms with Crippen LogP contribution in [0.25, 0.3) is 0 Å². The summed E-state index contributed by atoms with van der Waals surface area (Å²) in [5, 5.41) is 3.20. The van der Waals surface area contributed by atoms with Gasteiger partial charge in [-0.15, -0.1) is 11.8 Å². The quantitative estimate of drug-likeness (QED) is 0.902. The minimum atomic E-state index is 0.0582. The molecule has 120 valence electrons. The van der Waals surface area contributed by atoms with Crippen LogP contribution < -0.4 is 5.32 Å². The fraction of sp³-hybridized carbons (Fsp3) is 0.611. The molecule has 1 amide bonds. The molecule has 0 bridgehead atoms. The van der Waals surface area contributed by atoms with E-state index in [1.54, 1.807) is 0 Å². The van der Waals surface area contributed by atoms with E-state index in [0.717, 1.165) is 19.6 Å². The molecule has 1 aromatic rings. The lowest BCUT2D eigenvalue weighted by Gasteiger charge is -2.29. The van der Waals surface area contributed by atoms with Gasteiger partial charge in [0.05, 0.1) is 12.5 Å². The molecule has 1 aromatic carbocycles. The van der Waals surface area contributed by atoms with Crippen LogP contribution in [0.3, 0.4) is 0 Å². The molecule has 1 atom stereocenters. The van der Waals surface area contributed by atoms with Crippen LogP contribution in [0.4, 0.5) is 0 Å². The van der Waals surface area contributed by atoms with E-state index in [2.05, 4.69) is 36.5 Å². The van der Waals surface area contributed by atoms with Crippen LogP contribution in [0.1, 0.15) is 37.7 Å². The second kappa shape index (κ2) is 7.05. The lowest BCUT2D eigenvalue weighted by atomic mass is 10.1. The Bertz CT molecular complexity index is 502. The molecule has 1 aliphatic heterocycles. The van der Waals surface area contributed by atoms with Crippen molar-refractivity contribution in [2.24, 2.45) is 5.92 Å². The van der Waals surface area contributed by atoms with Crippen molar-refractivity contribution >= 4 is 17.7 Å². The van der Waals surface area contributed by atoms with Crippen molar-refractivity contribution in [3.8, 4) is 0 Å². The van der Waals surface area contributed by atoms with Crippen molar-refractivity contribution in [2.75, 3.05) is 19.8 Å². The lowest BCUT2D eigenvalue weighted by molar-refractivity contribution is -0.125. The largest absolute Gasteiger partial charge is 0.381 e. The maximum atomic E-state index is 12.2. The Hall–Kier alpha value is -1.00. The molecule has 1 aliphatic carbocycles. The minimum Gasteiger partial charge on any atom is -0.381 e. The summed E-state index contributed by atoms with van der Waals surface area (Å²) >= 11 is 1.95. The summed E-state index contributed by atoms with van der Waals surface area (Å²) in [6.45, 7) is 4.20. The van der Waals surface area contributed by atoms with Gasteiger partial charge in [0.1, 0.15) is 0 Å². The van der Waals surface area contributed by atoms with Gasteiger partial charge < -0.3 is 10.1 Å². The standard InChI is InChI=1S/C18H25NO2S/c1-14-4-6-16(7-5-14)22-18(9-2-3-10-18)13-19-17(20)15-8-11-21-12-15/h4-7,15H,2-3,8-13H2,1H3,(H,19,20)/t15-/m0/s1. The van der Waals surface area contributed by atoms with Gasteiger partial charge in [-0.1, -0.05) is 30.5 Å². The van der Waals surface area contributed by atoms with Crippen LogP contribution in [0, 0.1) is 12.8 Å². The molecule has 1 saturated heterocycles. The summed E-state index contributed by atoms with van der Waals surface area (Å²) in [4.78, 5) is 13.6. The van der Waals surface area contributed by atoms with Crippen LogP contribution in [0.2, 0.25) is 0 Å². The molecule has 1 N–H and O–H groups in total. The predicted octanol–water partition coefficient (Wildman–Crippen LogP) is 3.55. The van der Waals surface area contributed by atoms with Crippen molar-refractivity contribution in [1.29, 1.82) is 0 Å². The molecule has 0 aromatic heterocycles. The Balaban J connectivity index is 1.61.